The van der Waals surface area contributed by atoms with Crippen molar-refractivity contribution in [3.05, 3.63) is 59.8 Å². The van der Waals surface area contributed by atoms with E-state index in [-0.39, 0.29) is 19.2 Å². The molecule has 1 aliphatic rings. The Morgan fingerprint density at radius 3 is 2.92 bits per heavy atom. The van der Waals surface area contributed by atoms with E-state index in [1.807, 2.05) is 18.2 Å². The number of methoxy groups -OCH3 is 1. The molecule has 0 unspecified atom stereocenters. The van der Waals surface area contributed by atoms with Crippen LogP contribution in [0.2, 0.25) is 0 Å². The molecule has 0 atom stereocenters. The Labute approximate surface area is 149 Å². The summed E-state index contributed by atoms with van der Waals surface area (Å²) in [6.07, 6.45) is 0. The highest BCUT2D eigenvalue weighted by atomic mass is 16.7. The topological polar surface area (TPSA) is 82.8 Å². The Morgan fingerprint density at radius 1 is 1.15 bits per heavy atom. The number of carbonyl (C=O) groups is 1. The number of carbonyl (C=O) groups excluding carboxylic acids is 1. The van der Waals surface area contributed by atoms with Crippen LogP contribution in [0.25, 0.3) is 11.3 Å². The van der Waals surface area contributed by atoms with Crippen LogP contribution in [0.5, 0.6) is 17.2 Å². The van der Waals surface area contributed by atoms with Crippen molar-refractivity contribution < 1.29 is 23.5 Å². The SMILES string of the molecule is COc1cccc(C(=O)NCc2cc(-c3ccc4c(c3)OCO4)on2)c1. The van der Waals surface area contributed by atoms with Gasteiger partial charge in [-0.15, -0.1) is 0 Å². The standard InChI is InChI=1S/C19H16N2O5/c1-23-15-4-2-3-13(7-15)19(22)20-10-14-9-17(26-21-14)12-5-6-16-18(8-12)25-11-24-16/h2-9H,10-11H2,1H3,(H,20,22). The number of hydrogen-bond acceptors (Lipinski definition) is 6. The molecule has 0 aliphatic carbocycles. The van der Waals surface area contributed by atoms with Crippen LogP contribution in [0.3, 0.4) is 0 Å². The summed E-state index contributed by atoms with van der Waals surface area (Å²) in [4.78, 5) is 12.2. The highest BCUT2D eigenvalue weighted by Crippen LogP contribution is 2.36. The molecule has 0 bridgehead atoms. The van der Waals surface area contributed by atoms with Crippen LogP contribution in [0.1, 0.15) is 16.1 Å². The van der Waals surface area contributed by atoms with Crippen molar-refractivity contribution in [3.63, 3.8) is 0 Å². The van der Waals surface area contributed by atoms with Gasteiger partial charge in [0.05, 0.1) is 13.7 Å². The summed E-state index contributed by atoms with van der Waals surface area (Å²) in [6, 6.07) is 14.3. The second kappa shape index (κ2) is 6.79. The zero-order valence-electron chi connectivity index (χ0n) is 14.0. The number of nitrogens with zero attached hydrogens (tertiary/aromatic N) is 1. The van der Waals surface area contributed by atoms with E-state index in [4.69, 9.17) is 18.7 Å². The lowest BCUT2D eigenvalue weighted by atomic mass is 10.1. The fourth-order valence-electron chi connectivity index (χ4n) is 2.62. The molecule has 26 heavy (non-hydrogen) atoms. The zero-order chi connectivity index (χ0) is 17.9. The van der Waals surface area contributed by atoms with Gasteiger partial charge in [-0.25, -0.2) is 0 Å². The van der Waals surface area contributed by atoms with Gasteiger partial charge in [-0.1, -0.05) is 11.2 Å². The maximum Gasteiger partial charge on any atom is 0.251 e. The van der Waals surface area contributed by atoms with E-state index in [9.17, 15) is 4.79 Å². The summed E-state index contributed by atoms with van der Waals surface area (Å²) < 4.78 is 21.1. The lowest BCUT2D eigenvalue weighted by Gasteiger charge is -2.05. The van der Waals surface area contributed by atoms with Crippen LogP contribution in [0.4, 0.5) is 0 Å². The minimum atomic E-state index is -0.212. The van der Waals surface area contributed by atoms with Crippen LogP contribution in [-0.4, -0.2) is 25.0 Å². The van der Waals surface area contributed by atoms with Crippen LogP contribution < -0.4 is 19.5 Å². The number of amides is 1. The average Bonchev–Trinajstić information content (AvgIpc) is 3.34. The van der Waals surface area contributed by atoms with Gasteiger partial charge in [-0.2, -0.15) is 0 Å². The third-order valence-electron chi connectivity index (χ3n) is 3.98. The van der Waals surface area contributed by atoms with Crippen molar-refractivity contribution in [1.82, 2.24) is 10.5 Å². The van der Waals surface area contributed by atoms with E-state index in [1.54, 1.807) is 37.4 Å². The zero-order valence-corrected chi connectivity index (χ0v) is 14.0. The summed E-state index contributed by atoms with van der Waals surface area (Å²) >= 11 is 0. The summed E-state index contributed by atoms with van der Waals surface area (Å²) in [5.74, 6) is 2.39. The molecule has 0 fully saturated rings. The van der Waals surface area contributed by atoms with Gasteiger partial charge in [0.15, 0.2) is 17.3 Å². The predicted octanol–water partition coefficient (Wildman–Crippen LogP) is 3.01. The molecule has 1 N–H and O–H groups in total. The van der Waals surface area contributed by atoms with Crippen molar-refractivity contribution in [2.24, 2.45) is 0 Å². The Kier molecular flexibility index (Phi) is 4.18. The first-order valence-corrected chi connectivity index (χ1v) is 8.01. The van der Waals surface area contributed by atoms with E-state index in [0.29, 0.717) is 34.3 Å². The van der Waals surface area contributed by atoms with Crippen LogP contribution >= 0.6 is 0 Å². The maximum absolute atomic E-state index is 12.2. The van der Waals surface area contributed by atoms with Crippen molar-refractivity contribution >= 4 is 5.91 Å². The van der Waals surface area contributed by atoms with E-state index >= 15 is 0 Å². The van der Waals surface area contributed by atoms with E-state index in [0.717, 1.165) is 5.56 Å². The average molecular weight is 352 g/mol. The fourth-order valence-corrected chi connectivity index (χ4v) is 2.62. The van der Waals surface area contributed by atoms with Gasteiger partial charge in [-0.3, -0.25) is 4.79 Å². The normalized spacial score (nSPS) is 12.0. The van der Waals surface area contributed by atoms with Crippen LogP contribution in [0, 0.1) is 0 Å². The number of rotatable bonds is 5. The first-order valence-electron chi connectivity index (χ1n) is 8.01. The summed E-state index contributed by atoms with van der Waals surface area (Å²) in [5, 5.41) is 6.81. The Morgan fingerprint density at radius 2 is 2.04 bits per heavy atom. The van der Waals surface area contributed by atoms with Gasteiger partial charge >= 0.3 is 0 Å². The van der Waals surface area contributed by atoms with E-state index < -0.39 is 0 Å². The highest BCUT2D eigenvalue weighted by Gasteiger charge is 2.16. The Hall–Kier alpha value is -3.48. The summed E-state index contributed by atoms with van der Waals surface area (Å²) in [5.41, 5.74) is 1.96. The van der Waals surface area contributed by atoms with Crippen molar-refractivity contribution in [2.75, 3.05) is 13.9 Å². The Balaban J connectivity index is 1.43. The van der Waals surface area contributed by atoms with Gasteiger partial charge in [0, 0.05) is 17.2 Å². The van der Waals surface area contributed by atoms with Gasteiger partial charge in [-0.05, 0) is 36.4 Å². The number of hydrogen-bond donors (Lipinski definition) is 1. The summed E-state index contributed by atoms with van der Waals surface area (Å²) in [6.45, 7) is 0.473. The van der Waals surface area contributed by atoms with E-state index in [2.05, 4.69) is 10.5 Å². The number of aromatic nitrogens is 1. The Bertz CT molecular complexity index is 951. The van der Waals surface area contributed by atoms with Crippen LogP contribution in [-0.2, 0) is 6.54 Å². The molecule has 4 rings (SSSR count). The monoisotopic (exact) mass is 352 g/mol. The molecule has 7 nitrogen and oxygen atoms in total. The molecular formula is C19H16N2O5. The van der Waals surface area contributed by atoms with Gasteiger partial charge in [0.25, 0.3) is 5.91 Å². The van der Waals surface area contributed by atoms with Crippen molar-refractivity contribution in [2.45, 2.75) is 6.54 Å². The molecule has 0 saturated heterocycles. The molecule has 2 aromatic carbocycles. The quantitative estimate of drug-likeness (QED) is 0.760. The molecule has 7 heteroatoms. The molecule has 1 amide bonds. The molecule has 0 radical (unpaired) electrons. The second-order valence-electron chi connectivity index (χ2n) is 5.67. The smallest absolute Gasteiger partial charge is 0.251 e. The number of ether oxygens (including phenoxy) is 3. The van der Waals surface area contributed by atoms with Gasteiger partial charge < -0.3 is 24.1 Å². The number of nitrogens with one attached hydrogen (secondary N) is 1. The first kappa shape index (κ1) is 16.0. The third-order valence-corrected chi connectivity index (χ3v) is 3.98. The first-order chi connectivity index (χ1) is 12.7. The predicted molar refractivity (Wildman–Crippen MR) is 92.2 cm³/mol. The highest BCUT2D eigenvalue weighted by molar-refractivity contribution is 5.94. The molecule has 0 saturated carbocycles. The lowest BCUT2D eigenvalue weighted by molar-refractivity contribution is 0.0949. The fraction of sp³-hybridized carbons (Fsp3) is 0.158. The molecule has 1 aromatic heterocycles. The van der Waals surface area contributed by atoms with Crippen molar-refractivity contribution in [1.29, 1.82) is 0 Å². The molecule has 2 heterocycles. The van der Waals surface area contributed by atoms with Gasteiger partial charge in [0.2, 0.25) is 6.79 Å². The molecule has 1 aliphatic heterocycles. The second-order valence-corrected chi connectivity index (χ2v) is 5.67. The minimum Gasteiger partial charge on any atom is -0.497 e. The largest absolute Gasteiger partial charge is 0.497 e. The molecule has 0 spiro atoms. The molecular weight excluding hydrogens is 336 g/mol. The molecule has 132 valence electrons. The maximum atomic E-state index is 12.2. The lowest BCUT2D eigenvalue weighted by Crippen LogP contribution is -2.22. The minimum absolute atomic E-state index is 0.212. The van der Waals surface area contributed by atoms with Crippen molar-refractivity contribution in [3.8, 4) is 28.6 Å². The van der Waals surface area contributed by atoms with Gasteiger partial charge in [0.1, 0.15) is 11.4 Å². The summed E-state index contributed by atoms with van der Waals surface area (Å²) in [7, 11) is 1.56. The molecule has 3 aromatic rings. The third kappa shape index (κ3) is 3.19. The number of fused-ring (bicyclic) bond motifs is 1. The number of benzene rings is 2. The van der Waals surface area contributed by atoms with Crippen LogP contribution in [0.15, 0.2) is 53.1 Å². The van der Waals surface area contributed by atoms with E-state index in [1.165, 1.54) is 0 Å².